The summed E-state index contributed by atoms with van der Waals surface area (Å²) >= 11 is 0. The van der Waals surface area contributed by atoms with Gasteiger partial charge >= 0.3 is 0 Å². The summed E-state index contributed by atoms with van der Waals surface area (Å²) < 4.78 is 60.0. The lowest BCUT2D eigenvalue weighted by Gasteiger charge is -2.12. The zero-order chi connectivity index (χ0) is 19.4. The molecule has 0 heterocycles. The Balaban J connectivity index is 2.07. The van der Waals surface area contributed by atoms with Gasteiger partial charge in [-0.3, -0.25) is 0 Å². The third-order valence-corrected chi connectivity index (χ3v) is 6.05. The van der Waals surface area contributed by atoms with E-state index in [0.717, 1.165) is 5.56 Å². The largest absolute Gasteiger partial charge is 0.497 e. The first-order valence-electron chi connectivity index (χ1n) is 7.51. The van der Waals surface area contributed by atoms with Gasteiger partial charge in [-0.1, -0.05) is 12.1 Å². The quantitative estimate of drug-likeness (QED) is 0.677. The third kappa shape index (κ3) is 4.94. The van der Waals surface area contributed by atoms with Gasteiger partial charge in [0.1, 0.15) is 16.4 Å². The van der Waals surface area contributed by atoms with Gasteiger partial charge < -0.3 is 9.47 Å². The third-order valence-electron chi connectivity index (χ3n) is 3.62. The minimum Gasteiger partial charge on any atom is -0.497 e. The van der Waals surface area contributed by atoms with Crippen molar-refractivity contribution in [3.05, 3.63) is 48.0 Å². The fourth-order valence-corrected chi connectivity index (χ4v) is 3.95. The van der Waals surface area contributed by atoms with E-state index in [0.29, 0.717) is 12.2 Å². The maximum Gasteiger partial charge on any atom is 0.244 e. The second-order valence-electron chi connectivity index (χ2n) is 5.35. The number of sulfonamides is 2. The van der Waals surface area contributed by atoms with Crippen molar-refractivity contribution in [2.24, 2.45) is 5.14 Å². The SMILES string of the molecule is COc1ccc(S(=O)(=O)NCCc2ccc(S(N)(=O)=O)cc2)c(OC)c1. The van der Waals surface area contributed by atoms with Gasteiger partial charge in [0.15, 0.2) is 0 Å². The molecule has 0 amide bonds. The van der Waals surface area contributed by atoms with Crippen molar-refractivity contribution < 1.29 is 26.3 Å². The first-order chi connectivity index (χ1) is 12.2. The maximum atomic E-state index is 12.5. The molecule has 0 aliphatic heterocycles. The minimum atomic E-state index is -3.78. The minimum absolute atomic E-state index is 0.00444. The molecule has 3 N–H and O–H groups in total. The summed E-state index contributed by atoms with van der Waals surface area (Å²) in [6.07, 6.45) is 0.378. The summed E-state index contributed by atoms with van der Waals surface area (Å²) in [5, 5.41) is 5.04. The van der Waals surface area contributed by atoms with Crippen LogP contribution in [-0.4, -0.2) is 37.6 Å². The van der Waals surface area contributed by atoms with Gasteiger partial charge in [-0.2, -0.15) is 0 Å². The van der Waals surface area contributed by atoms with Crippen molar-refractivity contribution in [2.45, 2.75) is 16.2 Å². The summed E-state index contributed by atoms with van der Waals surface area (Å²) in [4.78, 5) is 0.00942. The fraction of sp³-hybridized carbons (Fsp3) is 0.250. The van der Waals surface area contributed by atoms with E-state index in [4.69, 9.17) is 14.6 Å². The molecule has 0 radical (unpaired) electrons. The van der Waals surface area contributed by atoms with E-state index in [1.54, 1.807) is 12.1 Å². The van der Waals surface area contributed by atoms with Gasteiger partial charge in [-0.15, -0.1) is 0 Å². The smallest absolute Gasteiger partial charge is 0.244 e. The highest BCUT2D eigenvalue weighted by molar-refractivity contribution is 7.89. The van der Waals surface area contributed by atoms with Gasteiger partial charge in [0.25, 0.3) is 0 Å². The molecule has 0 aliphatic rings. The van der Waals surface area contributed by atoms with E-state index >= 15 is 0 Å². The van der Waals surface area contributed by atoms with Gasteiger partial charge in [-0.05, 0) is 36.2 Å². The van der Waals surface area contributed by atoms with Crippen LogP contribution in [0.5, 0.6) is 11.5 Å². The summed E-state index contributed by atoms with van der Waals surface area (Å²) in [5.74, 6) is 0.658. The zero-order valence-electron chi connectivity index (χ0n) is 14.3. The molecule has 0 saturated heterocycles. The van der Waals surface area contributed by atoms with Crippen molar-refractivity contribution in [3.8, 4) is 11.5 Å². The monoisotopic (exact) mass is 400 g/mol. The molecule has 0 saturated carbocycles. The molecule has 142 valence electrons. The standard InChI is InChI=1S/C16H20N2O6S2/c1-23-13-5-8-16(15(11-13)24-2)26(21,22)18-10-9-12-3-6-14(7-4-12)25(17,19)20/h3-8,11,18H,9-10H2,1-2H3,(H2,17,19,20). The predicted molar refractivity (Wildman–Crippen MR) is 96.3 cm³/mol. The van der Waals surface area contributed by atoms with Crippen molar-refractivity contribution in [2.75, 3.05) is 20.8 Å². The number of ether oxygens (including phenoxy) is 2. The molecule has 10 heteroatoms. The Morgan fingerprint density at radius 2 is 1.62 bits per heavy atom. The first kappa shape index (κ1) is 20.2. The lowest BCUT2D eigenvalue weighted by molar-refractivity contribution is 0.386. The molecule has 0 fully saturated rings. The molecule has 0 unspecified atom stereocenters. The second kappa shape index (κ2) is 8.04. The van der Waals surface area contributed by atoms with Gasteiger partial charge in [0.2, 0.25) is 20.0 Å². The Morgan fingerprint density at radius 1 is 0.962 bits per heavy atom. The molecule has 2 rings (SSSR count). The number of rotatable bonds is 8. The summed E-state index contributed by atoms with van der Waals surface area (Å²) in [6, 6.07) is 10.4. The highest BCUT2D eigenvalue weighted by Crippen LogP contribution is 2.28. The van der Waals surface area contributed by atoms with Crippen LogP contribution in [0.15, 0.2) is 52.3 Å². The molecule has 0 spiro atoms. The average molecular weight is 400 g/mol. The molecule has 0 aliphatic carbocycles. The number of benzene rings is 2. The second-order valence-corrected chi connectivity index (χ2v) is 8.65. The zero-order valence-corrected chi connectivity index (χ0v) is 15.9. The molecule has 0 bridgehead atoms. The van der Waals surface area contributed by atoms with Crippen LogP contribution in [0.2, 0.25) is 0 Å². The van der Waals surface area contributed by atoms with E-state index in [1.165, 1.54) is 44.6 Å². The van der Waals surface area contributed by atoms with Crippen molar-refractivity contribution in [1.29, 1.82) is 0 Å². The van der Waals surface area contributed by atoms with E-state index in [9.17, 15) is 16.8 Å². The molecule has 2 aromatic rings. The number of methoxy groups -OCH3 is 2. The fourth-order valence-electron chi connectivity index (χ4n) is 2.25. The summed E-state index contributed by atoms with van der Waals surface area (Å²) in [6.45, 7) is 0.131. The van der Waals surface area contributed by atoms with Crippen molar-refractivity contribution in [1.82, 2.24) is 4.72 Å². The summed E-state index contributed by atoms with van der Waals surface area (Å²) in [5.41, 5.74) is 0.766. The molecule has 8 nitrogen and oxygen atoms in total. The molecule has 0 aromatic heterocycles. The van der Waals surface area contributed by atoms with Gasteiger partial charge in [0.05, 0.1) is 19.1 Å². The Kier molecular flexibility index (Phi) is 6.24. The molecular formula is C16H20N2O6S2. The van der Waals surface area contributed by atoms with Crippen molar-refractivity contribution in [3.63, 3.8) is 0 Å². The van der Waals surface area contributed by atoms with Crippen LogP contribution in [0.25, 0.3) is 0 Å². The number of nitrogens with two attached hydrogens (primary N) is 1. The van der Waals surface area contributed by atoms with Crippen LogP contribution < -0.4 is 19.3 Å². The summed E-state index contributed by atoms with van der Waals surface area (Å²) in [7, 11) is -4.67. The lowest BCUT2D eigenvalue weighted by Crippen LogP contribution is -2.26. The van der Waals surface area contributed by atoms with Gasteiger partial charge in [0, 0.05) is 12.6 Å². The Morgan fingerprint density at radius 3 is 2.15 bits per heavy atom. The normalized spacial score (nSPS) is 12.0. The Labute approximate surface area is 153 Å². The topological polar surface area (TPSA) is 125 Å². The van der Waals surface area contributed by atoms with Crippen LogP contribution in [0.3, 0.4) is 0 Å². The maximum absolute atomic E-state index is 12.5. The average Bonchev–Trinajstić information content (AvgIpc) is 2.60. The number of primary sulfonamides is 1. The molecule has 2 aromatic carbocycles. The lowest BCUT2D eigenvalue weighted by atomic mass is 10.2. The molecule has 0 atom stereocenters. The van der Waals surface area contributed by atoms with E-state index in [-0.39, 0.29) is 22.1 Å². The van der Waals surface area contributed by atoms with Crippen LogP contribution in [0.4, 0.5) is 0 Å². The first-order valence-corrected chi connectivity index (χ1v) is 10.5. The predicted octanol–water partition coefficient (Wildman–Crippen LogP) is 0.872. The Hall–Kier alpha value is -2.14. The number of hydrogen-bond donors (Lipinski definition) is 2. The van der Waals surface area contributed by atoms with Crippen LogP contribution in [0.1, 0.15) is 5.56 Å². The highest BCUT2D eigenvalue weighted by Gasteiger charge is 2.19. The van der Waals surface area contributed by atoms with Crippen molar-refractivity contribution >= 4 is 20.0 Å². The number of hydrogen-bond acceptors (Lipinski definition) is 6. The van der Waals surface area contributed by atoms with Crippen LogP contribution in [0, 0.1) is 0 Å². The van der Waals surface area contributed by atoms with E-state index < -0.39 is 20.0 Å². The van der Waals surface area contributed by atoms with Crippen LogP contribution in [-0.2, 0) is 26.5 Å². The van der Waals surface area contributed by atoms with E-state index in [2.05, 4.69) is 4.72 Å². The highest BCUT2D eigenvalue weighted by atomic mass is 32.2. The molecular weight excluding hydrogens is 380 g/mol. The van der Waals surface area contributed by atoms with Gasteiger partial charge in [-0.25, -0.2) is 26.7 Å². The number of nitrogens with one attached hydrogen (secondary N) is 1. The molecule has 26 heavy (non-hydrogen) atoms. The van der Waals surface area contributed by atoms with Crippen LogP contribution >= 0.6 is 0 Å². The Bertz CT molecular complexity index is 970. The van der Waals surface area contributed by atoms with E-state index in [1.807, 2.05) is 0 Å².